The van der Waals surface area contributed by atoms with Crippen molar-refractivity contribution in [2.45, 2.75) is 11.4 Å². The lowest BCUT2D eigenvalue weighted by atomic mass is 10.1. The standard InChI is InChI=1S/C23H20N2O5S/c1-30-23(27)21-20(24-13-5-6-14-24)18-7-3-4-8-19(18)22(26)25(21)15-16-9-11-17(12-10-16)31(2,28)29/h3-14H,15H2,1-2H3. The van der Waals surface area contributed by atoms with Gasteiger partial charge in [0, 0.05) is 29.4 Å². The average Bonchev–Trinajstić information content (AvgIpc) is 3.29. The van der Waals surface area contributed by atoms with Gasteiger partial charge in [-0.05, 0) is 35.9 Å². The lowest BCUT2D eigenvalue weighted by Gasteiger charge is -2.19. The number of carbonyl (C=O) groups is 1. The molecule has 0 unspecified atom stereocenters. The maximum Gasteiger partial charge on any atom is 0.357 e. The SMILES string of the molecule is COC(=O)c1c(-n2cccc2)c2ccccc2c(=O)n1Cc1ccc(S(C)(=O)=O)cc1. The number of hydrogen-bond donors (Lipinski definition) is 0. The van der Waals surface area contributed by atoms with Gasteiger partial charge in [-0.2, -0.15) is 0 Å². The van der Waals surface area contributed by atoms with Crippen LogP contribution in [0, 0.1) is 0 Å². The van der Waals surface area contributed by atoms with E-state index >= 15 is 0 Å². The van der Waals surface area contributed by atoms with Crippen LogP contribution in [0.25, 0.3) is 16.5 Å². The van der Waals surface area contributed by atoms with E-state index < -0.39 is 15.8 Å². The number of nitrogens with zero attached hydrogens (tertiary/aromatic N) is 2. The molecule has 0 bridgehead atoms. The molecule has 4 aromatic rings. The molecule has 0 radical (unpaired) electrons. The third-order valence-corrected chi connectivity index (χ3v) is 6.21. The summed E-state index contributed by atoms with van der Waals surface area (Å²) in [7, 11) is -2.07. The van der Waals surface area contributed by atoms with Crippen molar-refractivity contribution in [2.24, 2.45) is 0 Å². The monoisotopic (exact) mass is 436 g/mol. The highest BCUT2D eigenvalue weighted by Crippen LogP contribution is 2.25. The minimum Gasteiger partial charge on any atom is -0.464 e. The number of hydrogen-bond acceptors (Lipinski definition) is 5. The van der Waals surface area contributed by atoms with E-state index in [2.05, 4.69) is 0 Å². The normalized spacial score (nSPS) is 11.5. The summed E-state index contributed by atoms with van der Waals surface area (Å²) in [5.74, 6) is -0.640. The molecule has 0 atom stereocenters. The number of methoxy groups -OCH3 is 1. The van der Waals surface area contributed by atoms with Crippen molar-refractivity contribution in [1.82, 2.24) is 9.13 Å². The Kier molecular flexibility index (Phi) is 5.24. The van der Waals surface area contributed by atoms with Crippen molar-refractivity contribution in [3.63, 3.8) is 0 Å². The van der Waals surface area contributed by atoms with Crippen LogP contribution >= 0.6 is 0 Å². The predicted molar refractivity (Wildman–Crippen MR) is 118 cm³/mol. The van der Waals surface area contributed by atoms with Crippen LogP contribution in [0.1, 0.15) is 16.1 Å². The smallest absolute Gasteiger partial charge is 0.357 e. The van der Waals surface area contributed by atoms with E-state index in [0.29, 0.717) is 22.0 Å². The molecule has 2 aromatic carbocycles. The molecular formula is C23H20N2O5S. The number of carbonyl (C=O) groups excluding carboxylic acids is 1. The van der Waals surface area contributed by atoms with E-state index in [1.807, 2.05) is 18.2 Å². The topological polar surface area (TPSA) is 87.4 Å². The molecule has 0 spiro atoms. The average molecular weight is 436 g/mol. The van der Waals surface area contributed by atoms with E-state index in [-0.39, 0.29) is 22.7 Å². The van der Waals surface area contributed by atoms with Gasteiger partial charge in [-0.3, -0.25) is 9.36 Å². The van der Waals surface area contributed by atoms with Crippen LogP contribution in [-0.4, -0.2) is 36.9 Å². The van der Waals surface area contributed by atoms with Gasteiger partial charge >= 0.3 is 5.97 Å². The molecule has 0 amide bonds. The number of esters is 1. The molecule has 2 aromatic heterocycles. The number of sulfone groups is 1. The van der Waals surface area contributed by atoms with Crippen LogP contribution in [0.4, 0.5) is 0 Å². The van der Waals surface area contributed by atoms with Gasteiger partial charge in [0.2, 0.25) is 0 Å². The van der Waals surface area contributed by atoms with Gasteiger partial charge in [0.1, 0.15) is 0 Å². The summed E-state index contributed by atoms with van der Waals surface area (Å²) in [6, 6.07) is 17.0. The Bertz CT molecular complexity index is 1430. The molecule has 0 aliphatic carbocycles. The zero-order chi connectivity index (χ0) is 22.2. The Morgan fingerprint density at radius 1 is 0.935 bits per heavy atom. The quantitative estimate of drug-likeness (QED) is 0.449. The van der Waals surface area contributed by atoms with Gasteiger partial charge in [0.25, 0.3) is 5.56 Å². The fraction of sp³-hybridized carbons (Fsp3) is 0.130. The van der Waals surface area contributed by atoms with Crippen LogP contribution < -0.4 is 5.56 Å². The van der Waals surface area contributed by atoms with Gasteiger partial charge in [0.15, 0.2) is 15.5 Å². The van der Waals surface area contributed by atoms with Gasteiger partial charge in [0.05, 0.1) is 24.2 Å². The Morgan fingerprint density at radius 3 is 2.13 bits per heavy atom. The predicted octanol–water partition coefficient (Wildman–Crippen LogP) is 3.03. The Morgan fingerprint density at radius 2 is 1.55 bits per heavy atom. The van der Waals surface area contributed by atoms with Gasteiger partial charge in [-0.15, -0.1) is 0 Å². The number of fused-ring (bicyclic) bond motifs is 1. The molecular weight excluding hydrogens is 416 g/mol. The highest BCUT2D eigenvalue weighted by Gasteiger charge is 2.24. The van der Waals surface area contributed by atoms with E-state index in [4.69, 9.17) is 4.74 Å². The van der Waals surface area contributed by atoms with Crippen molar-refractivity contribution in [3.8, 4) is 5.69 Å². The van der Waals surface area contributed by atoms with Crippen LogP contribution in [0.15, 0.2) is 82.7 Å². The molecule has 0 saturated heterocycles. The van der Waals surface area contributed by atoms with Gasteiger partial charge < -0.3 is 9.30 Å². The van der Waals surface area contributed by atoms with Crippen molar-refractivity contribution < 1.29 is 17.9 Å². The van der Waals surface area contributed by atoms with Gasteiger partial charge in [-0.1, -0.05) is 30.3 Å². The molecule has 0 N–H and O–H groups in total. The second kappa shape index (κ2) is 7.88. The van der Waals surface area contributed by atoms with Crippen LogP contribution in [-0.2, 0) is 21.1 Å². The number of rotatable bonds is 5. The Hall–Kier alpha value is -3.65. The van der Waals surface area contributed by atoms with Crippen LogP contribution in [0.2, 0.25) is 0 Å². The van der Waals surface area contributed by atoms with Crippen molar-refractivity contribution in [3.05, 3.63) is 94.7 Å². The van der Waals surface area contributed by atoms with Crippen molar-refractivity contribution in [1.29, 1.82) is 0 Å². The number of pyridine rings is 1. The summed E-state index contributed by atoms with van der Waals surface area (Å²) >= 11 is 0. The number of ether oxygens (including phenoxy) is 1. The van der Waals surface area contributed by atoms with E-state index in [1.54, 1.807) is 47.3 Å². The first kappa shape index (κ1) is 20.6. The van der Waals surface area contributed by atoms with E-state index in [0.717, 1.165) is 6.26 Å². The highest BCUT2D eigenvalue weighted by atomic mass is 32.2. The lowest BCUT2D eigenvalue weighted by molar-refractivity contribution is 0.0587. The molecule has 2 heterocycles. The zero-order valence-electron chi connectivity index (χ0n) is 17.0. The summed E-state index contributed by atoms with van der Waals surface area (Å²) in [5.41, 5.74) is 1.00. The highest BCUT2D eigenvalue weighted by molar-refractivity contribution is 7.90. The largest absolute Gasteiger partial charge is 0.464 e. The second-order valence-electron chi connectivity index (χ2n) is 7.13. The lowest BCUT2D eigenvalue weighted by Crippen LogP contribution is -2.29. The molecule has 31 heavy (non-hydrogen) atoms. The molecule has 0 aliphatic rings. The van der Waals surface area contributed by atoms with Gasteiger partial charge in [-0.25, -0.2) is 13.2 Å². The molecule has 0 saturated carbocycles. The van der Waals surface area contributed by atoms with Crippen LogP contribution in [0.3, 0.4) is 0 Å². The van der Waals surface area contributed by atoms with E-state index in [9.17, 15) is 18.0 Å². The minimum atomic E-state index is -3.34. The second-order valence-corrected chi connectivity index (χ2v) is 9.15. The van der Waals surface area contributed by atoms with Crippen molar-refractivity contribution in [2.75, 3.05) is 13.4 Å². The first-order valence-electron chi connectivity index (χ1n) is 9.47. The summed E-state index contributed by atoms with van der Waals surface area (Å²) in [6.07, 6.45) is 4.72. The molecule has 7 nitrogen and oxygen atoms in total. The number of benzene rings is 2. The maximum atomic E-state index is 13.4. The summed E-state index contributed by atoms with van der Waals surface area (Å²) in [6.45, 7) is 0.0758. The third-order valence-electron chi connectivity index (χ3n) is 5.09. The molecule has 4 rings (SSSR count). The first-order valence-corrected chi connectivity index (χ1v) is 11.4. The summed E-state index contributed by atoms with van der Waals surface area (Å²) in [5, 5.41) is 1.10. The molecule has 8 heteroatoms. The van der Waals surface area contributed by atoms with Crippen molar-refractivity contribution >= 4 is 26.6 Å². The fourth-order valence-corrected chi connectivity index (χ4v) is 4.23. The zero-order valence-corrected chi connectivity index (χ0v) is 17.8. The Balaban J connectivity index is 1.99. The summed E-state index contributed by atoms with van der Waals surface area (Å²) < 4.78 is 31.7. The Labute approximate surface area is 179 Å². The molecule has 0 aliphatic heterocycles. The third kappa shape index (κ3) is 3.77. The van der Waals surface area contributed by atoms with Crippen LogP contribution in [0.5, 0.6) is 0 Å². The first-order chi connectivity index (χ1) is 14.8. The fourth-order valence-electron chi connectivity index (χ4n) is 3.60. The molecule has 158 valence electrons. The maximum absolute atomic E-state index is 13.4. The summed E-state index contributed by atoms with van der Waals surface area (Å²) in [4.78, 5) is 26.4. The molecule has 0 fully saturated rings. The minimum absolute atomic E-state index is 0.0758. The number of aromatic nitrogens is 2. The van der Waals surface area contributed by atoms with E-state index in [1.165, 1.54) is 23.8 Å².